The Balaban J connectivity index is 1.96. The minimum absolute atomic E-state index is 0.0183. The molecule has 0 saturated heterocycles. The molecule has 0 aromatic carbocycles. The van der Waals surface area contributed by atoms with Crippen molar-refractivity contribution in [3.05, 3.63) is 24.3 Å². The van der Waals surface area contributed by atoms with E-state index in [1.54, 1.807) is 0 Å². The van der Waals surface area contributed by atoms with Gasteiger partial charge in [-0.25, -0.2) is 0 Å². The van der Waals surface area contributed by atoms with E-state index in [1.807, 2.05) is 6.08 Å². The maximum atomic E-state index is 12.7. The van der Waals surface area contributed by atoms with Crippen molar-refractivity contribution in [1.82, 2.24) is 0 Å². The first-order valence-electron chi connectivity index (χ1n) is 5.27. The van der Waals surface area contributed by atoms with Gasteiger partial charge in [0.1, 0.15) is 0 Å². The van der Waals surface area contributed by atoms with E-state index in [1.165, 1.54) is 0 Å². The Bertz CT molecular complexity index is 253. The molecule has 14 heavy (non-hydrogen) atoms. The predicted molar refractivity (Wildman–Crippen MR) is 58.2 cm³/mol. The summed E-state index contributed by atoms with van der Waals surface area (Å²) in [6.45, 7) is -0.157. The first-order valence-corrected chi connectivity index (χ1v) is 5.80. The van der Waals surface area contributed by atoms with E-state index < -0.39 is 0 Å². The van der Waals surface area contributed by atoms with Gasteiger partial charge in [0.05, 0.1) is 6.67 Å². The summed E-state index contributed by atoms with van der Waals surface area (Å²) >= 11 is 5.89. The lowest BCUT2D eigenvalue weighted by Gasteiger charge is -2.25. The number of hydrogen-bond acceptors (Lipinski definition) is 0. The average molecular weight is 215 g/mol. The largest absolute Gasteiger partial charge is 0.250 e. The Hall–Kier alpha value is -0.300. The maximum absolute atomic E-state index is 12.7. The minimum Gasteiger partial charge on any atom is -0.250 e. The normalized spacial score (nSPS) is 33.3. The summed E-state index contributed by atoms with van der Waals surface area (Å²) in [7, 11) is 0. The van der Waals surface area contributed by atoms with Crippen LogP contribution < -0.4 is 0 Å². The molecule has 0 aromatic rings. The molecule has 2 heteroatoms. The van der Waals surface area contributed by atoms with Crippen LogP contribution in [0, 0.1) is 17.3 Å². The van der Waals surface area contributed by atoms with E-state index in [-0.39, 0.29) is 12.1 Å². The minimum atomic E-state index is -0.157. The fourth-order valence-corrected chi connectivity index (χ4v) is 2.49. The van der Waals surface area contributed by atoms with Crippen LogP contribution in [0.4, 0.5) is 4.39 Å². The molecule has 1 fully saturated rings. The molecular formula is C12H16ClF. The Kier molecular flexibility index (Phi) is 2.96. The summed E-state index contributed by atoms with van der Waals surface area (Å²) in [6, 6.07) is 0. The third-order valence-corrected chi connectivity index (χ3v) is 3.82. The van der Waals surface area contributed by atoms with Gasteiger partial charge in [-0.1, -0.05) is 24.3 Å². The number of rotatable bonds is 4. The summed E-state index contributed by atoms with van der Waals surface area (Å²) in [4.78, 5) is 0. The van der Waals surface area contributed by atoms with Crippen molar-refractivity contribution in [3.8, 4) is 0 Å². The number of alkyl halides is 2. The van der Waals surface area contributed by atoms with E-state index in [4.69, 9.17) is 11.6 Å². The molecule has 1 saturated carbocycles. The lowest BCUT2D eigenvalue weighted by atomic mass is 9.82. The fourth-order valence-electron chi connectivity index (χ4n) is 2.15. The van der Waals surface area contributed by atoms with Gasteiger partial charge in [0.25, 0.3) is 0 Å². The molecule has 0 nitrogen and oxygen atoms in total. The van der Waals surface area contributed by atoms with Crippen LogP contribution in [-0.4, -0.2) is 12.6 Å². The molecular weight excluding hydrogens is 199 g/mol. The summed E-state index contributed by atoms with van der Waals surface area (Å²) < 4.78 is 12.7. The zero-order valence-corrected chi connectivity index (χ0v) is 9.01. The van der Waals surface area contributed by atoms with Crippen LogP contribution in [0.3, 0.4) is 0 Å². The highest BCUT2D eigenvalue weighted by Crippen LogP contribution is 2.52. The molecule has 2 unspecified atom stereocenters. The molecule has 2 aliphatic rings. The van der Waals surface area contributed by atoms with Crippen molar-refractivity contribution in [2.24, 2.45) is 17.3 Å². The molecule has 2 atom stereocenters. The van der Waals surface area contributed by atoms with E-state index in [2.05, 4.69) is 18.2 Å². The van der Waals surface area contributed by atoms with Crippen LogP contribution in [0.1, 0.15) is 19.3 Å². The molecule has 0 aromatic heterocycles. The zero-order valence-electron chi connectivity index (χ0n) is 8.26. The van der Waals surface area contributed by atoms with Crippen LogP contribution in [0.25, 0.3) is 0 Å². The Morgan fingerprint density at radius 3 is 2.36 bits per heavy atom. The van der Waals surface area contributed by atoms with Crippen LogP contribution in [0.15, 0.2) is 24.3 Å². The molecule has 0 N–H and O–H groups in total. The van der Waals surface area contributed by atoms with Crippen molar-refractivity contribution in [3.63, 3.8) is 0 Å². The smallest absolute Gasteiger partial charge is 0.0950 e. The Morgan fingerprint density at radius 1 is 1.21 bits per heavy atom. The van der Waals surface area contributed by atoms with Gasteiger partial charge >= 0.3 is 0 Å². The highest BCUT2D eigenvalue weighted by atomic mass is 35.5. The molecule has 0 radical (unpaired) electrons. The molecule has 2 aliphatic carbocycles. The highest BCUT2D eigenvalue weighted by molar-refractivity contribution is 6.18. The first-order chi connectivity index (χ1) is 6.79. The van der Waals surface area contributed by atoms with Crippen molar-refractivity contribution < 1.29 is 4.39 Å². The molecule has 0 spiro atoms. The van der Waals surface area contributed by atoms with Crippen LogP contribution in [-0.2, 0) is 0 Å². The predicted octanol–water partition coefficient (Wildman–Crippen LogP) is 3.72. The monoisotopic (exact) mass is 214 g/mol. The van der Waals surface area contributed by atoms with E-state index in [0.29, 0.717) is 17.7 Å². The highest BCUT2D eigenvalue weighted by Gasteiger charge is 2.44. The van der Waals surface area contributed by atoms with Gasteiger partial charge in [-0.15, -0.1) is 11.6 Å². The topological polar surface area (TPSA) is 0 Å². The second-order valence-corrected chi connectivity index (χ2v) is 4.90. The van der Waals surface area contributed by atoms with Crippen molar-refractivity contribution in [2.75, 3.05) is 12.6 Å². The van der Waals surface area contributed by atoms with E-state index >= 15 is 0 Å². The van der Waals surface area contributed by atoms with E-state index in [9.17, 15) is 4.39 Å². The molecule has 0 amide bonds. The number of halogens is 2. The van der Waals surface area contributed by atoms with Gasteiger partial charge in [0.15, 0.2) is 0 Å². The van der Waals surface area contributed by atoms with Gasteiger partial charge in [-0.3, -0.25) is 4.39 Å². The molecule has 78 valence electrons. The fraction of sp³-hybridized carbons (Fsp3) is 0.667. The Morgan fingerprint density at radius 2 is 1.86 bits per heavy atom. The van der Waals surface area contributed by atoms with Crippen LogP contribution >= 0.6 is 11.6 Å². The lowest BCUT2D eigenvalue weighted by molar-refractivity contribution is 0.276. The molecule has 0 bridgehead atoms. The molecule has 2 rings (SSSR count). The van der Waals surface area contributed by atoms with Gasteiger partial charge < -0.3 is 0 Å². The quantitative estimate of drug-likeness (QED) is 0.626. The average Bonchev–Trinajstić information content (AvgIpc) is 2.99. The third-order valence-electron chi connectivity index (χ3n) is 3.47. The van der Waals surface area contributed by atoms with Gasteiger partial charge in [0, 0.05) is 5.88 Å². The summed E-state index contributed by atoms with van der Waals surface area (Å²) in [6.07, 6.45) is 11.5. The van der Waals surface area contributed by atoms with E-state index in [0.717, 1.165) is 19.3 Å². The summed E-state index contributed by atoms with van der Waals surface area (Å²) in [5.41, 5.74) is 0.0183. The second kappa shape index (κ2) is 4.06. The van der Waals surface area contributed by atoms with Crippen molar-refractivity contribution in [1.29, 1.82) is 0 Å². The van der Waals surface area contributed by atoms with Crippen molar-refractivity contribution in [2.45, 2.75) is 19.3 Å². The van der Waals surface area contributed by atoms with Crippen molar-refractivity contribution >= 4 is 11.6 Å². The number of allylic oxidation sites excluding steroid dienone is 4. The van der Waals surface area contributed by atoms with Gasteiger partial charge in [0.2, 0.25) is 0 Å². The summed E-state index contributed by atoms with van der Waals surface area (Å²) in [5, 5.41) is 0. The summed E-state index contributed by atoms with van der Waals surface area (Å²) in [5.74, 6) is 1.51. The molecule has 0 aliphatic heterocycles. The zero-order chi connectivity index (χ0) is 10.0. The first kappa shape index (κ1) is 10.2. The van der Waals surface area contributed by atoms with Crippen LogP contribution in [0.2, 0.25) is 0 Å². The second-order valence-electron chi connectivity index (χ2n) is 4.59. The SMILES string of the molecule is FCC1(CC2C=CC=CC2CCl)CC1. The van der Waals surface area contributed by atoms with Crippen LogP contribution in [0.5, 0.6) is 0 Å². The standard InChI is InChI=1S/C12H16ClF/c13-8-11-4-2-1-3-10(11)7-12(9-14)5-6-12/h1-4,10-11H,5-9H2. The van der Waals surface area contributed by atoms with Gasteiger partial charge in [-0.2, -0.15) is 0 Å². The molecule has 0 heterocycles. The Labute approximate surface area is 89.8 Å². The maximum Gasteiger partial charge on any atom is 0.0950 e. The lowest BCUT2D eigenvalue weighted by Crippen LogP contribution is -2.19. The third kappa shape index (κ3) is 2.03. The van der Waals surface area contributed by atoms with Gasteiger partial charge in [-0.05, 0) is 36.5 Å². The number of hydrogen-bond donors (Lipinski definition) is 0.